The Morgan fingerprint density at radius 2 is 1.11 bits per heavy atom. The number of rotatable bonds is 22. The number of thiocarbonyl (C=S) groups is 1. The number of nitrogens with zero attached hydrogens (tertiary/aromatic N) is 7. The number of carbonyl (C=O) groups is 3. The minimum absolute atomic E-state index is 0. The molecule has 0 unspecified atom stereocenters. The van der Waals surface area contributed by atoms with E-state index in [1.165, 1.54) is 54.5 Å². The number of thiophene rings is 1. The second-order valence-corrected chi connectivity index (χ2v) is 15.4. The number of hydrogen-bond donors (Lipinski definition) is 0. The van der Waals surface area contributed by atoms with Gasteiger partial charge in [-0.25, -0.2) is 4.98 Å². The van der Waals surface area contributed by atoms with E-state index in [-0.39, 0.29) is 25.2 Å². The van der Waals surface area contributed by atoms with E-state index in [1.54, 1.807) is 78.5 Å². The van der Waals surface area contributed by atoms with Gasteiger partial charge in [0.05, 0.1) is 41.6 Å². The molecular weight excluding hydrogens is 1040 g/mol. The van der Waals surface area contributed by atoms with E-state index in [1.807, 2.05) is 66.8 Å². The zero-order valence-corrected chi connectivity index (χ0v) is 41.2. The average Bonchev–Trinajstić information content (AvgIpc) is 4.07. The molecule has 0 atom stereocenters. The predicted molar refractivity (Wildman–Crippen MR) is 270 cm³/mol. The Bertz CT molecular complexity index is 2780. The van der Waals surface area contributed by atoms with E-state index in [9.17, 15) is 27.6 Å². The van der Waals surface area contributed by atoms with Gasteiger partial charge in [-0.1, -0.05) is 86.6 Å². The number of carbonyl (C=O) groups excluding carboxylic acids is 3. The first-order chi connectivity index (χ1) is 34.1. The largest absolute Gasteiger partial charge is 2.00 e. The van der Waals surface area contributed by atoms with E-state index < -0.39 is 11.9 Å². The van der Waals surface area contributed by atoms with Crippen LogP contribution in [0.2, 0.25) is 0 Å². The van der Waals surface area contributed by atoms with Crippen LogP contribution in [0.15, 0.2) is 141 Å². The molecule has 0 saturated carbocycles. The Hall–Kier alpha value is -7.69. The molecular formula is C52H44F3N7O6RuS2. The fraction of sp³-hybridized carbons (Fsp3) is 0.135. The first-order valence-corrected chi connectivity index (χ1v) is 22.4. The van der Waals surface area contributed by atoms with E-state index in [4.69, 9.17) is 10.4 Å². The van der Waals surface area contributed by atoms with Gasteiger partial charge >= 0.3 is 25.7 Å². The van der Waals surface area contributed by atoms with Gasteiger partial charge in [0.25, 0.3) is 19.4 Å². The van der Waals surface area contributed by atoms with Crippen molar-refractivity contribution in [3.8, 4) is 34.2 Å². The van der Waals surface area contributed by atoms with Gasteiger partial charge in [0.15, 0.2) is 0 Å². The molecule has 0 radical (unpaired) electrons. The molecule has 6 rings (SSSR count). The molecule has 0 fully saturated rings. The molecule has 19 heteroatoms. The molecule has 6 aromatic heterocycles. The SMILES string of the molecule is CCCCCCc1ccc(/C=C/c2ccnc(-c3cc(C(F)(F)F)n[n-]3)c2)s1.O=CO/C=C/C=C/c1ccnc(-c2cc(/C=C/C=C/OC=O)cc(-c3cc(/C=C/C=C/OC=O)ccn3)n2)c1.[N-]=C=S.[Ru+2]. The van der Waals surface area contributed by atoms with E-state index in [2.05, 4.69) is 70.6 Å². The van der Waals surface area contributed by atoms with Crippen LogP contribution in [-0.2, 0) is 60.7 Å². The van der Waals surface area contributed by atoms with Crippen molar-refractivity contribution >= 4 is 78.5 Å². The van der Waals surface area contributed by atoms with Crippen LogP contribution >= 0.6 is 23.6 Å². The standard InChI is InChI=1S/C30H23N3O6.C21H21F3N3S.CNS.Ru/c34-21-37-14-4-1-7-24-10-12-31-27(17-24)29-19-26(9-3-6-16-39-23-36)20-30(33-29)28-18-25(11-13-32-28)8-2-5-15-38-22-35;1-2-3-4-5-6-16-9-10-17(28-16)8-7-15-11-12-25-18(13-15)19-14-20(27-26-19)21(22,23)24;2-1-3;/h1-23H;7-14H,2-6H2,1H3;;/q;2*-1;+2/b7-1+,8-2+,9-3+,14-4+,15-5+,16-6+;8-7+;;. The van der Waals surface area contributed by atoms with Crippen LogP contribution in [0.3, 0.4) is 0 Å². The second kappa shape index (κ2) is 33.0. The van der Waals surface area contributed by atoms with Crippen molar-refractivity contribution in [1.82, 2.24) is 30.1 Å². The third-order valence-corrected chi connectivity index (χ3v) is 10.2. The molecule has 364 valence electrons. The summed E-state index contributed by atoms with van der Waals surface area (Å²) >= 11 is 5.47. The number of alkyl halides is 3. The minimum Gasteiger partial charge on any atom is -0.753 e. The van der Waals surface area contributed by atoms with Gasteiger partial charge in [-0.2, -0.15) is 18.3 Å². The van der Waals surface area contributed by atoms with Crippen molar-refractivity contribution < 1.29 is 61.2 Å². The molecule has 0 N–H and O–H groups in total. The van der Waals surface area contributed by atoms with Crippen molar-refractivity contribution in [3.63, 3.8) is 0 Å². The summed E-state index contributed by atoms with van der Waals surface area (Å²) in [6, 6.07) is 19.9. The van der Waals surface area contributed by atoms with Crippen LogP contribution in [0.4, 0.5) is 13.2 Å². The minimum atomic E-state index is -4.50. The van der Waals surface area contributed by atoms with Crippen molar-refractivity contribution in [3.05, 3.63) is 184 Å². The molecule has 0 aliphatic carbocycles. The Morgan fingerprint density at radius 3 is 1.61 bits per heavy atom. The molecule has 0 bridgehead atoms. The maximum absolute atomic E-state index is 12.7. The van der Waals surface area contributed by atoms with E-state index in [0.717, 1.165) is 39.6 Å². The molecule has 6 heterocycles. The molecule has 6 aromatic rings. The van der Waals surface area contributed by atoms with Gasteiger partial charge in [0.1, 0.15) is 5.69 Å². The summed E-state index contributed by atoms with van der Waals surface area (Å²) in [6.45, 7) is 3.22. The number of aryl methyl sites for hydroxylation is 1. The van der Waals surface area contributed by atoms with E-state index >= 15 is 0 Å². The van der Waals surface area contributed by atoms with Gasteiger partial charge in [-0.15, -0.1) is 11.3 Å². The van der Waals surface area contributed by atoms with Crippen molar-refractivity contribution in [2.45, 2.75) is 45.2 Å². The number of aromatic nitrogens is 6. The Labute approximate surface area is 430 Å². The second-order valence-electron chi connectivity index (χ2n) is 14.0. The first kappa shape index (κ1) is 57.6. The maximum atomic E-state index is 12.7. The smallest absolute Gasteiger partial charge is 0.753 e. The van der Waals surface area contributed by atoms with Gasteiger partial charge < -0.3 is 29.8 Å². The Kier molecular flexibility index (Phi) is 26.7. The zero-order chi connectivity index (χ0) is 50.2. The van der Waals surface area contributed by atoms with Crippen LogP contribution in [-0.4, -0.2) is 49.6 Å². The number of allylic oxidation sites excluding steroid dienone is 6. The van der Waals surface area contributed by atoms with Crippen molar-refractivity contribution in [1.29, 1.82) is 0 Å². The van der Waals surface area contributed by atoms with Crippen molar-refractivity contribution in [2.75, 3.05) is 0 Å². The summed E-state index contributed by atoms with van der Waals surface area (Å²) in [5, 5.41) is 15.3. The van der Waals surface area contributed by atoms with Gasteiger partial charge in [-0.05, 0) is 126 Å². The van der Waals surface area contributed by atoms with Crippen LogP contribution in [0.25, 0.3) is 70.0 Å². The molecule has 0 saturated heterocycles. The summed E-state index contributed by atoms with van der Waals surface area (Å²) in [4.78, 5) is 51.3. The molecule has 71 heavy (non-hydrogen) atoms. The van der Waals surface area contributed by atoms with Crippen molar-refractivity contribution in [2.24, 2.45) is 0 Å². The van der Waals surface area contributed by atoms with Gasteiger partial charge in [-0.3, -0.25) is 29.3 Å². The van der Waals surface area contributed by atoms with Gasteiger partial charge in [0.2, 0.25) is 0 Å². The number of ether oxygens (including phenoxy) is 3. The third-order valence-electron chi connectivity index (χ3n) is 9.05. The summed E-state index contributed by atoms with van der Waals surface area (Å²) in [6.07, 6.45) is 29.7. The summed E-state index contributed by atoms with van der Waals surface area (Å²) < 4.78 is 51.7. The maximum Gasteiger partial charge on any atom is 2.00 e. The Morgan fingerprint density at radius 1 is 0.634 bits per heavy atom. The van der Waals surface area contributed by atoms with Crippen LogP contribution in [0, 0.1) is 0 Å². The van der Waals surface area contributed by atoms with Crippen LogP contribution < -0.4 is 5.10 Å². The fourth-order valence-electron chi connectivity index (χ4n) is 5.93. The van der Waals surface area contributed by atoms with Crippen LogP contribution in [0.5, 0.6) is 0 Å². The summed E-state index contributed by atoms with van der Waals surface area (Å²) in [5.74, 6) is 0. The molecule has 0 aromatic carbocycles. The molecule has 0 aliphatic heterocycles. The normalized spacial score (nSPS) is 11.4. The van der Waals surface area contributed by atoms with Crippen LogP contribution in [0.1, 0.15) is 70.3 Å². The predicted octanol–water partition coefficient (Wildman–Crippen LogP) is 12.4. The zero-order valence-electron chi connectivity index (χ0n) is 37.8. The summed E-state index contributed by atoms with van der Waals surface area (Å²) in [5.41, 5.74) is 5.39. The molecule has 0 amide bonds. The molecule has 13 nitrogen and oxygen atoms in total. The quantitative estimate of drug-likeness (QED) is 0.00917. The third kappa shape index (κ3) is 21.7. The fourth-order valence-corrected chi connectivity index (χ4v) is 6.89. The topological polar surface area (TPSA) is 180 Å². The number of isothiocyanates is 1. The monoisotopic (exact) mass is 1090 g/mol. The van der Waals surface area contributed by atoms with Gasteiger partial charge in [0, 0.05) is 34.0 Å². The first-order valence-electron chi connectivity index (χ1n) is 21.1. The number of pyridine rings is 4. The number of hydrogen-bond acceptors (Lipinski definition) is 13. The number of unbranched alkanes of at least 4 members (excludes halogenated alkanes) is 3. The average molecular weight is 1090 g/mol. The Balaban J connectivity index is 0.000000367. The summed E-state index contributed by atoms with van der Waals surface area (Å²) in [7, 11) is 0. The molecule has 0 aliphatic rings. The molecule has 0 spiro atoms. The number of halogens is 3. The van der Waals surface area contributed by atoms with E-state index in [0.29, 0.717) is 47.9 Å².